The van der Waals surface area contributed by atoms with Gasteiger partial charge >= 0.3 is 5.97 Å². The van der Waals surface area contributed by atoms with Crippen molar-refractivity contribution in [3.8, 4) is 0 Å². The van der Waals surface area contributed by atoms with Crippen LogP contribution in [0.5, 0.6) is 0 Å². The van der Waals surface area contributed by atoms with Crippen LogP contribution in [0.25, 0.3) is 0 Å². The van der Waals surface area contributed by atoms with Crippen LogP contribution in [0.4, 0.5) is 0 Å². The number of nitrogens with two attached hydrogens (primary N) is 1. The summed E-state index contributed by atoms with van der Waals surface area (Å²) in [6, 6.07) is 0. The first-order valence-corrected chi connectivity index (χ1v) is 5.72. The fraction of sp³-hybridized carbons (Fsp3) is 0.667. The minimum Gasteiger partial charge on any atom is -0.463 e. The molecule has 0 radical (unpaired) electrons. The minimum absolute atomic E-state index is 0.185. The summed E-state index contributed by atoms with van der Waals surface area (Å²) in [6.45, 7) is 5.30. The van der Waals surface area contributed by atoms with Crippen molar-refractivity contribution in [3.05, 3.63) is 12.2 Å². The zero-order valence-electron chi connectivity index (χ0n) is 10.9. The average Bonchev–Trinajstić information content (AvgIpc) is 2.26. The van der Waals surface area contributed by atoms with E-state index in [1.54, 1.807) is 20.8 Å². The topological polar surface area (TPSA) is 110 Å². The Kier molecular flexibility index (Phi) is 6.57. The monoisotopic (exact) mass is 259 g/mol. The summed E-state index contributed by atoms with van der Waals surface area (Å²) in [7, 11) is 0. The number of carbonyl (C=O) groups excluding carboxylic acids is 2. The first kappa shape index (κ1) is 16.6. The first-order chi connectivity index (χ1) is 8.20. The maximum absolute atomic E-state index is 11.1. The van der Waals surface area contributed by atoms with Crippen molar-refractivity contribution < 1.29 is 24.5 Å². The second kappa shape index (κ2) is 7.13. The van der Waals surface area contributed by atoms with Crippen LogP contribution >= 0.6 is 0 Å². The zero-order chi connectivity index (χ0) is 14.3. The van der Waals surface area contributed by atoms with Crippen molar-refractivity contribution in [2.24, 2.45) is 11.1 Å². The first-order valence-electron chi connectivity index (χ1n) is 5.72. The summed E-state index contributed by atoms with van der Waals surface area (Å²) < 4.78 is 4.71. The number of aliphatic hydroxyl groups is 2. The predicted octanol–water partition coefficient (Wildman–Crippen LogP) is -0.271. The van der Waals surface area contributed by atoms with Crippen LogP contribution in [-0.2, 0) is 14.3 Å². The number of hydrogen-bond acceptors (Lipinski definition) is 5. The molecule has 0 spiro atoms. The Hall–Kier alpha value is -1.40. The maximum Gasteiger partial charge on any atom is 0.330 e. The van der Waals surface area contributed by atoms with E-state index in [0.717, 1.165) is 0 Å². The highest BCUT2D eigenvalue weighted by Gasteiger charge is 2.29. The fourth-order valence-corrected chi connectivity index (χ4v) is 1.22. The molecule has 0 saturated heterocycles. The van der Waals surface area contributed by atoms with E-state index in [9.17, 15) is 19.8 Å². The van der Waals surface area contributed by atoms with E-state index >= 15 is 0 Å². The Balaban J connectivity index is 4.52. The molecule has 4 N–H and O–H groups in total. The number of carbonyl (C=O) groups is 2. The van der Waals surface area contributed by atoms with Gasteiger partial charge in [-0.15, -0.1) is 0 Å². The molecule has 6 heteroatoms. The molecule has 6 nitrogen and oxygen atoms in total. The predicted molar refractivity (Wildman–Crippen MR) is 65.4 cm³/mol. The molecule has 2 atom stereocenters. The van der Waals surface area contributed by atoms with Gasteiger partial charge in [0.25, 0.3) is 0 Å². The third kappa shape index (κ3) is 5.79. The second-order valence-electron chi connectivity index (χ2n) is 4.58. The lowest BCUT2D eigenvalue weighted by atomic mass is 9.83. The molecule has 0 unspecified atom stereocenters. The second-order valence-corrected chi connectivity index (χ2v) is 4.58. The van der Waals surface area contributed by atoms with Crippen molar-refractivity contribution >= 4 is 11.9 Å². The van der Waals surface area contributed by atoms with E-state index in [2.05, 4.69) is 0 Å². The normalized spacial score (nSPS) is 15.4. The molecule has 0 saturated carbocycles. The Bertz CT molecular complexity index is 324. The molecule has 104 valence electrons. The van der Waals surface area contributed by atoms with Gasteiger partial charge in [-0.05, 0) is 6.92 Å². The van der Waals surface area contributed by atoms with Gasteiger partial charge in [0.15, 0.2) is 0 Å². The Morgan fingerprint density at radius 2 is 1.94 bits per heavy atom. The highest BCUT2D eigenvalue weighted by atomic mass is 16.5. The molecule has 0 rings (SSSR count). The van der Waals surface area contributed by atoms with Crippen LogP contribution in [0, 0.1) is 5.41 Å². The van der Waals surface area contributed by atoms with Crippen LogP contribution in [0.1, 0.15) is 27.2 Å². The molecular weight excluding hydrogens is 238 g/mol. The van der Waals surface area contributed by atoms with Gasteiger partial charge in [-0.1, -0.05) is 19.9 Å². The molecule has 18 heavy (non-hydrogen) atoms. The maximum atomic E-state index is 11.1. The standard InChI is InChI=1S/C12H21NO5/c1-4-18-10(16)5-6-12(2,3)9(15)7-8(14)11(13)17/h5-6,8-9,14-15H,4,7H2,1-3H3,(H2,13,17)/b6-5+/t8-,9+/m0/s1. The number of primary amides is 1. The van der Waals surface area contributed by atoms with Gasteiger partial charge in [0.2, 0.25) is 5.91 Å². The van der Waals surface area contributed by atoms with E-state index in [0.29, 0.717) is 0 Å². The number of amides is 1. The molecule has 1 amide bonds. The van der Waals surface area contributed by atoms with Crippen LogP contribution in [0.15, 0.2) is 12.2 Å². The highest BCUT2D eigenvalue weighted by molar-refractivity contribution is 5.82. The van der Waals surface area contributed by atoms with Gasteiger partial charge in [-0.25, -0.2) is 4.79 Å². The Morgan fingerprint density at radius 3 is 2.39 bits per heavy atom. The van der Waals surface area contributed by atoms with Crippen molar-refractivity contribution in [2.45, 2.75) is 39.4 Å². The number of hydrogen-bond donors (Lipinski definition) is 3. The lowest BCUT2D eigenvalue weighted by Gasteiger charge is -2.28. The molecule has 0 aliphatic rings. The molecule has 0 bridgehead atoms. The van der Waals surface area contributed by atoms with Crippen LogP contribution in [0.3, 0.4) is 0 Å². The van der Waals surface area contributed by atoms with Gasteiger partial charge < -0.3 is 20.7 Å². The van der Waals surface area contributed by atoms with Crippen LogP contribution in [-0.4, -0.2) is 40.9 Å². The summed E-state index contributed by atoms with van der Waals surface area (Å²) >= 11 is 0. The lowest BCUT2D eigenvalue weighted by Crippen LogP contribution is -2.37. The van der Waals surface area contributed by atoms with Crippen molar-refractivity contribution in [3.63, 3.8) is 0 Å². The number of rotatable bonds is 7. The van der Waals surface area contributed by atoms with Gasteiger partial charge in [-0.2, -0.15) is 0 Å². The summed E-state index contributed by atoms with van der Waals surface area (Å²) in [6.07, 6.45) is 0.0864. The van der Waals surface area contributed by atoms with Crippen molar-refractivity contribution in [1.29, 1.82) is 0 Å². The smallest absolute Gasteiger partial charge is 0.330 e. The Labute approximate surface area is 106 Å². The molecule has 0 heterocycles. The third-order valence-corrected chi connectivity index (χ3v) is 2.57. The average molecular weight is 259 g/mol. The summed E-state index contributed by atoms with van der Waals surface area (Å²) in [5.74, 6) is -1.40. The van der Waals surface area contributed by atoms with Gasteiger partial charge in [0, 0.05) is 17.9 Å². The van der Waals surface area contributed by atoms with Gasteiger partial charge in [-0.3, -0.25) is 4.79 Å². The lowest BCUT2D eigenvalue weighted by molar-refractivity contribution is -0.137. The number of esters is 1. The van der Waals surface area contributed by atoms with Crippen molar-refractivity contribution in [1.82, 2.24) is 0 Å². The van der Waals surface area contributed by atoms with Gasteiger partial charge in [0.05, 0.1) is 12.7 Å². The molecule has 0 aliphatic carbocycles. The third-order valence-electron chi connectivity index (χ3n) is 2.57. The van der Waals surface area contributed by atoms with E-state index < -0.39 is 29.5 Å². The molecule has 0 aromatic rings. The number of aliphatic hydroxyl groups excluding tert-OH is 2. The summed E-state index contributed by atoms with van der Waals surface area (Å²) in [5, 5.41) is 19.1. The Morgan fingerprint density at radius 1 is 1.39 bits per heavy atom. The SMILES string of the molecule is CCOC(=O)/C=C/C(C)(C)[C@H](O)C[C@H](O)C(N)=O. The van der Waals surface area contributed by atoms with Crippen LogP contribution < -0.4 is 5.73 Å². The van der Waals surface area contributed by atoms with E-state index in [1.165, 1.54) is 12.2 Å². The van der Waals surface area contributed by atoms with E-state index in [-0.39, 0.29) is 13.0 Å². The molecular formula is C12H21NO5. The number of ether oxygens (including phenoxy) is 1. The zero-order valence-corrected chi connectivity index (χ0v) is 10.9. The van der Waals surface area contributed by atoms with E-state index in [4.69, 9.17) is 10.5 Å². The van der Waals surface area contributed by atoms with E-state index in [1.807, 2.05) is 0 Å². The largest absolute Gasteiger partial charge is 0.463 e. The molecule has 0 aromatic heterocycles. The van der Waals surface area contributed by atoms with Gasteiger partial charge in [0.1, 0.15) is 6.10 Å². The molecule has 0 aromatic carbocycles. The minimum atomic E-state index is -1.41. The highest BCUT2D eigenvalue weighted by Crippen LogP contribution is 2.25. The van der Waals surface area contributed by atoms with Crippen molar-refractivity contribution in [2.75, 3.05) is 6.61 Å². The molecule has 0 fully saturated rings. The summed E-state index contributed by atoms with van der Waals surface area (Å²) in [4.78, 5) is 21.8. The van der Waals surface area contributed by atoms with Crippen LogP contribution in [0.2, 0.25) is 0 Å². The molecule has 0 aliphatic heterocycles. The quantitative estimate of drug-likeness (QED) is 0.430. The summed E-state index contributed by atoms with van der Waals surface area (Å²) in [5.41, 5.74) is 4.11. The fourth-order valence-electron chi connectivity index (χ4n) is 1.22.